The van der Waals surface area contributed by atoms with Gasteiger partial charge in [-0.1, -0.05) is 0 Å². The molecule has 1 amide bonds. The summed E-state index contributed by atoms with van der Waals surface area (Å²) in [4.78, 5) is 16.6. The average molecular weight is 292 g/mol. The topological polar surface area (TPSA) is 64.2 Å². The van der Waals surface area contributed by atoms with E-state index in [0.717, 1.165) is 4.88 Å². The summed E-state index contributed by atoms with van der Waals surface area (Å²) in [5.41, 5.74) is 6.63. The summed E-state index contributed by atoms with van der Waals surface area (Å²) in [7, 11) is 1.78. The molecule has 2 rings (SSSR count). The number of carbonyl (C=O) groups is 1. The second-order valence-corrected chi connectivity index (χ2v) is 6.15. The van der Waals surface area contributed by atoms with E-state index in [4.69, 9.17) is 5.73 Å². The van der Waals surface area contributed by atoms with E-state index in [1.165, 1.54) is 4.88 Å². The summed E-state index contributed by atoms with van der Waals surface area (Å²) >= 11 is 1.70. The third kappa shape index (κ3) is 2.70. The lowest BCUT2D eigenvalue weighted by atomic mass is 10.2. The van der Waals surface area contributed by atoms with Crippen molar-refractivity contribution in [3.05, 3.63) is 33.8 Å². The second kappa shape index (κ2) is 5.66. The second-order valence-electron chi connectivity index (χ2n) is 4.83. The summed E-state index contributed by atoms with van der Waals surface area (Å²) in [5, 5.41) is 4.23. The van der Waals surface area contributed by atoms with Gasteiger partial charge in [0.2, 0.25) is 0 Å². The van der Waals surface area contributed by atoms with Gasteiger partial charge in [-0.05, 0) is 32.9 Å². The van der Waals surface area contributed by atoms with Crippen molar-refractivity contribution in [1.29, 1.82) is 0 Å². The van der Waals surface area contributed by atoms with Crippen molar-refractivity contribution >= 4 is 22.9 Å². The van der Waals surface area contributed by atoms with Gasteiger partial charge in [0.15, 0.2) is 5.69 Å². The molecule has 20 heavy (non-hydrogen) atoms. The van der Waals surface area contributed by atoms with Gasteiger partial charge in [-0.15, -0.1) is 11.3 Å². The van der Waals surface area contributed by atoms with E-state index >= 15 is 0 Å². The van der Waals surface area contributed by atoms with E-state index < -0.39 is 0 Å². The van der Waals surface area contributed by atoms with Crippen LogP contribution in [0.4, 0.5) is 5.69 Å². The van der Waals surface area contributed by atoms with E-state index in [0.29, 0.717) is 17.9 Å². The van der Waals surface area contributed by atoms with Gasteiger partial charge in [-0.2, -0.15) is 5.10 Å². The van der Waals surface area contributed by atoms with Crippen LogP contribution >= 0.6 is 11.3 Å². The highest BCUT2D eigenvalue weighted by Crippen LogP contribution is 2.27. The third-order valence-electron chi connectivity index (χ3n) is 3.39. The minimum atomic E-state index is -0.145. The van der Waals surface area contributed by atoms with Crippen molar-refractivity contribution < 1.29 is 4.79 Å². The first-order valence-corrected chi connectivity index (χ1v) is 7.42. The fourth-order valence-corrected chi connectivity index (χ4v) is 2.95. The number of carbonyl (C=O) groups excluding carboxylic acids is 1. The van der Waals surface area contributed by atoms with Crippen molar-refractivity contribution in [2.75, 3.05) is 12.8 Å². The average Bonchev–Trinajstić information content (AvgIpc) is 3.02. The maximum absolute atomic E-state index is 12.5. The molecule has 1 atom stereocenters. The predicted octanol–water partition coefficient (Wildman–Crippen LogP) is 2.69. The Morgan fingerprint density at radius 1 is 1.55 bits per heavy atom. The molecular formula is C14H20N4OS. The smallest absolute Gasteiger partial charge is 0.276 e. The van der Waals surface area contributed by atoms with Gasteiger partial charge in [0.25, 0.3) is 5.91 Å². The molecule has 2 heterocycles. The Morgan fingerprint density at radius 2 is 2.25 bits per heavy atom. The number of aromatic nitrogens is 2. The predicted molar refractivity (Wildman–Crippen MR) is 81.9 cm³/mol. The zero-order valence-electron chi connectivity index (χ0n) is 12.3. The normalized spacial score (nSPS) is 12.4. The quantitative estimate of drug-likeness (QED) is 0.942. The maximum Gasteiger partial charge on any atom is 0.276 e. The minimum Gasteiger partial charge on any atom is -0.396 e. The van der Waals surface area contributed by atoms with Crippen LogP contribution in [0.3, 0.4) is 0 Å². The molecular weight excluding hydrogens is 272 g/mol. The number of nitrogens with zero attached hydrogens (tertiary/aromatic N) is 3. The Bertz CT molecular complexity index is 616. The highest BCUT2D eigenvalue weighted by Gasteiger charge is 2.24. The van der Waals surface area contributed by atoms with Crippen molar-refractivity contribution in [3.63, 3.8) is 0 Å². The standard InChI is InChI=1S/C14H20N4OS/c1-5-18-8-11(15)13(16-18)14(19)17(4)10(3)12-7-6-9(2)20-12/h6-8,10H,5,15H2,1-4H3. The van der Waals surface area contributed by atoms with Crippen LogP contribution in [-0.2, 0) is 6.54 Å². The number of hydrogen-bond donors (Lipinski definition) is 1. The van der Waals surface area contributed by atoms with Crippen LogP contribution in [0, 0.1) is 6.92 Å². The van der Waals surface area contributed by atoms with Crippen LogP contribution in [0.5, 0.6) is 0 Å². The van der Waals surface area contributed by atoms with Crippen LogP contribution in [-0.4, -0.2) is 27.6 Å². The fourth-order valence-electron chi connectivity index (χ4n) is 1.98. The molecule has 5 nitrogen and oxygen atoms in total. The molecule has 0 aliphatic rings. The molecule has 108 valence electrons. The van der Waals surface area contributed by atoms with Crippen LogP contribution < -0.4 is 5.73 Å². The van der Waals surface area contributed by atoms with Gasteiger partial charge in [0, 0.05) is 29.5 Å². The van der Waals surface area contributed by atoms with Gasteiger partial charge < -0.3 is 10.6 Å². The van der Waals surface area contributed by atoms with E-state index in [1.807, 2.05) is 13.8 Å². The molecule has 0 spiro atoms. The minimum absolute atomic E-state index is 0.00683. The lowest BCUT2D eigenvalue weighted by molar-refractivity contribution is 0.0739. The highest BCUT2D eigenvalue weighted by molar-refractivity contribution is 7.12. The first-order valence-electron chi connectivity index (χ1n) is 6.60. The van der Waals surface area contributed by atoms with E-state index in [2.05, 4.69) is 24.2 Å². The van der Waals surface area contributed by atoms with Crippen LogP contribution in [0.15, 0.2) is 18.3 Å². The van der Waals surface area contributed by atoms with Gasteiger partial charge in [0.05, 0.1) is 11.7 Å². The molecule has 2 N–H and O–H groups in total. The van der Waals surface area contributed by atoms with Crippen LogP contribution in [0.1, 0.15) is 40.1 Å². The molecule has 0 aliphatic carbocycles. The number of anilines is 1. The summed E-state index contributed by atoms with van der Waals surface area (Å²) in [5.74, 6) is -0.145. The third-order valence-corrected chi connectivity index (χ3v) is 4.56. The first-order chi connectivity index (χ1) is 9.43. The number of amides is 1. The molecule has 0 saturated heterocycles. The molecule has 0 saturated carbocycles. The van der Waals surface area contributed by atoms with Crippen molar-refractivity contribution in [2.45, 2.75) is 33.4 Å². The Kier molecular flexibility index (Phi) is 4.13. The highest BCUT2D eigenvalue weighted by atomic mass is 32.1. The van der Waals surface area contributed by atoms with E-state index in [1.54, 1.807) is 34.2 Å². The van der Waals surface area contributed by atoms with E-state index in [9.17, 15) is 4.79 Å². The Balaban J connectivity index is 2.21. The van der Waals surface area contributed by atoms with Gasteiger partial charge >= 0.3 is 0 Å². The number of rotatable bonds is 4. The van der Waals surface area contributed by atoms with Gasteiger partial charge in [0.1, 0.15) is 0 Å². The Hall–Kier alpha value is -1.82. The molecule has 2 aromatic rings. The number of nitrogens with two attached hydrogens (primary N) is 1. The maximum atomic E-state index is 12.5. The SMILES string of the molecule is CCn1cc(N)c(C(=O)N(C)C(C)c2ccc(C)s2)n1. The van der Waals surface area contributed by atoms with Crippen LogP contribution in [0.2, 0.25) is 0 Å². The number of nitrogen functional groups attached to an aromatic ring is 1. The Morgan fingerprint density at radius 3 is 2.75 bits per heavy atom. The van der Waals surface area contributed by atoms with Crippen molar-refractivity contribution in [2.24, 2.45) is 0 Å². The lowest BCUT2D eigenvalue weighted by Gasteiger charge is -2.23. The molecule has 0 fully saturated rings. The molecule has 1 unspecified atom stereocenters. The molecule has 6 heteroatoms. The molecule has 0 bridgehead atoms. The van der Waals surface area contributed by atoms with Gasteiger partial charge in [-0.3, -0.25) is 9.48 Å². The monoisotopic (exact) mass is 292 g/mol. The summed E-state index contributed by atoms with van der Waals surface area (Å²) < 4.78 is 1.68. The summed E-state index contributed by atoms with van der Waals surface area (Å²) in [6.07, 6.45) is 1.70. The summed E-state index contributed by atoms with van der Waals surface area (Å²) in [6.45, 7) is 6.72. The largest absolute Gasteiger partial charge is 0.396 e. The first kappa shape index (κ1) is 14.6. The number of aryl methyl sites for hydroxylation is 2. The molecule has 0 aromatic carbocycles. The lowest BCUT2D eigenvalue weighted by Crippen LogP contribution is -2.30. The zero-order valence-corrected chi connectivity index (χ0v) is 13.1. The van der Waals surface area contributed by atoms with Crippen LogP contribution in [0.25, 0.3) is 0 Å². The molecule has 0 radical (unpaired) electrons. The van der Waals surface area contributed by atoms with E-state index in [-0.39, 0.29) is 11.9 Å². The van der Waals surface area contributed by atoms with Crippen molar-refractivity contribution in [1.82, 2.24) is 14.7 Å². The summed E-state index contributed by atoms with van der Waals surface area (Å²) in [6, 6.07) is 4.13. The fraction of sp³-hybridized carbons (Fsp3) is 0.429. The zero-order chi connectivity index (χ0) is 14.9. The Labute approximate surface area is 123 Å². The molecule has 2 aromatic heterocycles. The van der Waals surface area contributed by atoms with Gasteiger partial charge in [-0.25, -0.2) is 0 Å². The molecule has 0 aliphatic heterocycles. The number of hydrogen-bond acceptors (Lipinski definition) is 4. The van der Waals surface area contributed by atoms with Crippen molar-refractivity contribution in [3.8, 4) is 0 Å². The number of thiophene rings is 1.